The van der Waals surface area contributed by atoms with Crippen LogP contribution in [0.3, 0.4) is 0 Å². The van der Waals surface area contributed by atoms with Gasteiger partial charge in [-0.3, -0.25) is 0 Å². The van der Waals surface area contributed by atoms with Gasteiger partial charge in [0.2, 0.25) is 0 Å². The topological polar surface area (TPSA) is 26.8 Å². The zero-order valence-electron chi connectivity index (χ0n) is 11.4. The van der Waals surface area contributed by atoms with Crippen LogP contribution in [0.1, 0.15) is 25.7 Å². The van der Waals surface area contributed by atoms with Gasteiger partial charge >= 0.3 is 6.03 Å². The van der Waals surface area contributed by atoms with Crippen LogP contribution in [0.25, 0.3) is 0 Å². The van der Waals surface area contributed by atoms with Gasteiger partial charge in [-0.2, -0.15) is 0 Å². The number of piperidine rings is 2. The van der Waals surface area contributed by atoms with Crippen molar-refractivity contribution in [2.24, 2.45) is 5.41 Å². The van der Waals surface area contributed by atoms with Crippen LogP contribution < -0.4 is 0 Å². The van der Waals surface area contributed by atoms with Gasteiger partial charge in [-0.1, -0.05) is 0 Å². The minimum atomic E-state index is 0.183. The summed E-state index contributed by atoms with van der Waals surface area (Å²) < 4.78 is 0. The second-order valence-corrected chi connectivity index (χ2v) is 6.01. The molecule has 0 radical (unpaired) electrons. The molecule has 0 atom stereocenters. The van der Waals surface area contributed by atoms with Gasteiger partial charge < -0.3 is 14.7 Å². The lowest BCUT2D eigenvalue weighted by molar-refractivity contribution is 0.0402. The Kier molecular flexibility index (Phi) is 3.61. The largest absolute Gasteiger partial charge is 0.331 e. The monoisotopic (exact) mass is 239 g/mol. The lowest BCUT2D eigenvalue weighted by Crippen LogP contribution is -2.52. The predicted octanol–water partition coefficient (Wildman–Crippen LogP) is 1.48. The summed E-state index contributed by atoms with van der Waals surface area (Å²) in [5.41, 5.74) is 0.413. The van der Waals surface area contributed by atoms with Crippen molar-refractivity contribution in [3.63, 3.8) is 0 Å². The molecule has 2 amide bonds. The molecule has 0 aromatic heterocycles. The first-order chi connectivity index (χ1) is 8.02. The zero-order chi connectivity index (χ0) is 12.5. The number of carbonyl (C=O) groups excluding carboxylic acids is 1. The maximum absolute atomic E-state index is 12.0. The summed E-state index contributed by atoms with van der Waals surface area (Å²) in [4.78, 5) is 18.2. The van der Waals surface area contributed by atoms with Crippen molar-refractivity contribution >= 4 is 6.03 Å². The standard InChI is InChI=1S/C13H25N3O/c1-14(2)12(17)16-8-4-5-13(11-16)6-9-15(3)10-7-13/h4-11H2,1-3H3. The molecule has 2 saturated heterocycles. The fraction of sp³-hybridized carbons (Fsp3) is 0.923. The Morgan fingerprint density at radius 2 is 1.76 bits per heavy atom. The van der Waals surface area contributed by atoms with Gasteiger partial charge in [0.1, 0.15) is 0 Å². The summed E-state index contributed by atoms with van der Waals surface area (Å²) in [6.45, 7) is 4.28. The van der Waals surface area contributed by atoms with E-state index < -0.39 is 0 Å². The third-order valence-corrected chi connectivity index (χ3v) is 4.36. The number of urea groups is 1. The van der Waals surface area contributed by atoms with E-state index in [0.717, 1.165) is 13.1 Å². The number of rotatable bonds is 0. The average molecular weight is 239 g/mol. The highest BCUT2D eigenvalue weighted by Crippen LogP contribution is 2.39. The number of likely N-dealkylation sites (tertiary alicyclic amines) is 2. The molecule has 0 aliphatic carbocycles. The molecule has 4 heteroatoms. The van der Waals surface area contributed by atoms with E-state index in [0.29, 0.717) is 5.41 Å². The predicted molar refractivity (Wildman–Crippen MR) is 69.1 cm³/mol. The highest BCUT2D eigenvalue weighted by molar-refractivity contribution is 5.74. The number of nitrogens with zero attached hydrogens (tertiary/aromatic N) is 3. The minimum absolute atomic E-state index is 0.183. The normalized spacial score (nSPS) is 25.0. The summed E-state index contributed by atoms with van der Waals surface area (Å²) in [5.74, 6) is 0. The van der Waals surface area contributed by atoms with Crippen LogP contribution in [0.2, 0.25) is 0 Å². The maximum Gasteiger partial charge on any atom is 0.319 e. The fourth-order valence-corrected chi connectivity index (χ4v) is 3.16. The van der Waals surface area contributed by atoms with Crippen LogP contribution in [0.4, 0.5) is 4.79 Å². The molecule has 0 N–H and O–H groups in total. The van der Waals surface area contributed by atoms with Gasteiger partial charge in [0.25, 0.3) is 0 Å². The molecule has 1 spiro atoms. The second-order valence-electron chi connectivity index (χ2n) is 6.01. The van der Waals surface area contributed by atoms with Gasteiger partial charge in [0.05, 0.1) is 0 Å². The smallest absolute Gasteiger partial charge is 0.319 e. The Hall–Kier alpha value is -0.770. The molecule has 0 bridgehead atoms. The number of carbonyl (C=O) groups is 1. The molecule has 4 nitrogen and oxygen atoms in total. The van der Waals surface area contributed by atoms with E-state index in [9.17, 15) is 4.79 Å². The summed E-state index contributed by atoms with van der Waals surface area (Å²) in [7, 11) is 5.88. The Morgan fingerprint density at radius 3 is 2.35 bits per heavy atom. The van der Waals surface area contributed by atoms with Crippen molar-refractivity contribution < 1.29 is 4.79 Å². The Morgan fingerprint density at radius 1 is 1.12 bits per heavy atom. The Balaban J connectivity index is 1.99. The van der Waals surface area contributed by atoms with E-state index >= 15 is 0 Å². The van der Waals surface area contributed by atoms with E-state index in [4.69, 9.17) is 0 Å². The first-order valence-electron chi connectivity index (χ1n) is 6.67. The van der Waals surface area contributed by atoms with E-state index in [1.165, 1.54) is 38.8 Å². The zero-order valence-corrected chi connectivity index (χ0v) is 11.4. The summed E-state index contributed by atoms with van der Waals surface area (Å²) >= 11 is 0. The highest BCUT2D eigenvalue weighted by Gasteiger charge is 2.39. The lowest BCUT2D eigenvalue weighted by Gasteiger charge is -2.47. The van der Waals surface area contributed by atoms with Crippen molar-refractivity contribution in [1.29, 1.82) is 0 Å². The summed E-state index contributed by atoms with van der Waals surface area (Å²) in [6.07, 6.45) is 4.97. The fourth-order valence-electron chi connectivity index (χ4n) is 3.16. The van der Waals surface area contributed by atoms with E-state index in [1.807, 2.05) is 14.1 Å². The molecular weight excluding hydrogens is 214 g/mol. The summed E-state index contributed by atoms with van der Waals surface area (Å²) in [6, 6.07) is 0.183. The Labute approximate surface area is 105 Å². The number of hydrogen-bond acceptors (Lipinski definition) is 2. The highest BCUT2D eigenvalue weighted by atomic mass is 16.2. The molecule has 2 fully saturated rings. The van der Waals surface area contributed by atoms with E-state index in [2.05, 4.69) is 16.8 Å². The average Bonchev–Trinajstić information content (AvgIpc) is 2.32. The molecule has 17 heavy (non-hydrogen) atoms. The van der Waals surface area contributed by atoms with Crippen molar-refractivity contribution in [2.75, 3.05) is 47.3 Å². The van der Waals surface area contributed by atoms with Crippen LogP contribution in [-0.4, -0.2) is 68.1 Å². The van der Waals surface area contributed by atoms with Crippen molar-refractivity contribution in [3.8, 4) is 0 Å². The van der Waals surface area contributed by atoms with Crippen LogP contribution >= 0.6 is 0 Å². The molecular formula is C13H25N3O. The van der Waals surface area contributed by atoms with Gasteiger partial charge in [-0.25, -0.2) is 4.79 Å². The van der Waals surface area contributed by atoms with Crippen molar-refractivity contribution in [1.82, 2.24) is 14.7 Å². The molecule has 2 rings (SSSR count). The van der Waals surface area contributed by atoms with E-state index in [1.54, 1.807) is 4.90 Å². The second kappa shape index (κ2) is 4.84. The van der Waals surface area contributed by atoms with Crippen molar-refractivity contribution in [3.05, 3.63) is 0 Å². The molecule has 0 unspecified atom stereocenters. The molecule has 98 valence electrons. The van der Waals surface area contributed by atoms with Gasteiger partial charge in [0, 0.05) is 27.2 Å². The first-order valence-corrected chi connectivity index (χ1v) is 6.67. The Bertz CT molecular complexity index is 282. The molecule has 2 aliphatic heterocycles. The van der Waals surface area contributed by atoms with E-state index in [-0.39, 0.29) is 6.03 Å². The molecule has 2 heterocycles. The number of amides is 2. The lowest BCUT2D eigenvalue weighted by atomic mass is 9.72. The number of hydrogen-bond donors (Lipinski definition) is 0. The molecule has 0 aromatic rings. The summed E-state index contributed by atoms with van der Waals surface area (Å²) in [5, 5.41) is 0. The van der Waals surface area contributed by atoms with Crippen molar-refractivity contribution in [2.45, 2.75) is 25.7 Å². The SMILES string of the molecule is CN1CCC2(CCCN(C(=O)N(C)C)C2)CC1. The van der Waals surface area contributed by atoms with Crippen LogP contribution in [-0.2, 0) is 0 Å². The minimum Gasteiger partial charge on any atom is -0.331 e. The molecule has 2 aliphatic rings. The molecule has 0 saturated carbocycles. The van der Waals surface area contributed by atoms with Crippen LogP contribution in [0.15, 0.2) is 0 Å². The molecule has 0 aromatic carbocycles. The third kappa shape index (κ3) is 2.73. The van der Waals surface area contributed by atoms with Crippen LogP contribution in [0.5, 0.6) is 0 Å². The maximum atomic E-state index is 12.0. The quantitative estimate of drug-likeness (QED) is 0.640. The van der Waals surface area contributed by atoms with Gasteiger partial charge in [-0.05, 0) is 51.2 Å². The van der Waals surface area contributed by atoms with Gasteiger partial charge in [0.15, 0.2) is 0 Å². The first kappa shape index (κ1) is 12.7. The third-order valence-electron chi connectivity index (χ3n) is 4.36. The van der Waals surface area contributed by atoms with Gasteiger partial charge in [-0.15, -0.1) is 0 Å². The van der Waals surface area contributed by atoms with Crippen LogP contribution in [0, 0.1) is 5.41 Å².